The number of carbonyl (C=O) groups excluding carboxylic acids is 1. The van der Waals surface area contributed by atoms with Crippen LogP contribution in [0.2, 0.25) is 0 Å². The van der Waals surface area contributed by atoms with E-state index in [1.165, 1.54) is 18.4 Å². The highest BCUT2D eigenvalue weighted by Gasteiger charge is 2.27. The molecule has 1 aliphatic rings. The zero-order chi connectivity index (χ0) is 9.84. The van der Waals surface area contributed by atoms with Crippen molar-refractivity contribution >= 4 is 5.78 Å². The predicted molar refractivity (Wildman–Crippen MR) is 55.6 cm³/mol. The first-order chi connectivity index (χ1) is 6.20. The fourth-order valence-corrected chi connectivity index (χ4v) is 2.13. The number of allylic oxidation sites excluding steroid dienone is 2. The molecule has 13 heavy (non-hydrogen) atoms. The van der Waals surface area contributed by atoms with Gasteiger partial charge in [-0.3, -0.25) is 4.79 Å². The predicted octanol–water partition coefficient (Wildman–Crippen LogP) is 3.49. The summed E-state index contributed by atoms with van der Waals surface area (Å²) in [6, 6.07) is 0. The molecule has 0 saturated carbocycles. The van der Waals surface area contributed by atoms with E-state index in [4.69, 9.17) is 0 Å². The average molecular weight is 180 g/mol. The van der Waals surface area contributed by atoms with Crippen molar-refractivity contribution in [2.75, 3.05) is 0 Å². The first-order valence-corrected chi connectivity index (χ1v) is 5.43. The maximum absolute atomic E-state index is 11.5. The van der Waals surface area contributed by atoms with Gasteiger partial charge in [0.2, 0.25) is 0 Å². The first-order valence-electron chi connectivity index (χ1n) is 5.43. The van der Waals surface area contributed by atoms with E-state index in [0.29, 0.717) is 11.7 Å². The van der Waals surface area contributed by atoms with Crippen LogP contribution in [-0.2, 0) is 4.79 Å². The first kappa shape index (κ1) is 10.5. The van der Waals surface area contributed by atoms with Gasteiger partial charge in [-0.1, -0.05) is 25.8 Å². The summed E-state index contributed by atoms with van der Waals surface area (Å²) < 4.78 is 0. The number of rotatable bonds is 4. The zero-order valence-electron chi connectivity index (χ0n) is 9.02. The van der Waals surface area contributed by atoms with Crippen LogP contribution >= 0.6 is 0 Å². The van der Waals surface area contributed by atoms with Crippen LogP contribution in [0.3, 0.4) is 0 Å². The van der Waals surface area contributed by atoms with Gasteiger partial charge in [0.05, 0.1) is 0 Å². The Morgan fingerprint density at radius 2 is 2.08 bits per heavy atom. The Morgan fingerprint density at radius 3 is 2.62 bits per heavy atom. The second-order valence-corrected chi connectivity index (χ2v) is 3.99. The van der Waals surface area contributed by atoms with Crippen LogP contribution in [0, 0.1) is 5.92 Å². The van der Waals surface area contributed by atoms with E-state index >= 15 is 0 Å². The number of carbonyl (C=O) groups is 1. The molecule has 0 aromatic heterocycles. The highest BCUT2D eigenvalue weighted by Crippen LogP contribution is 2.34. The van der Waals surface area contributed by atoms with Gasteiger partial charge in [-0.2, -0.15) is 0 Å². The van der Waals surface area contributed by atoms with Crippen molar-refractivity contribution in [2.24, 2.45) is 5.92 Å². The molecule has 0 N–H and O–H groups in total. The maximum atomic E-state index is 11.5. The van der Waals surface area contributed by atoms with Gasteiger partial charge in [0.1, 0.15) is 0 Å². The molecule has 0 aromatic rings. The molecule has 0 bridgehead atoms. The molecular formula is C12H20O. The summed E-state index contributed by atoms with van der Waals surface area (Å²) in [5, 5.41) is 0. The lowest BCUT2D eigenvalue weighted by molar-refractivity contribution is -0.115. The topological polar surface area (TPSA) is 17.1 Å². The van der Waals surface area contributed by atoms with Crippen molar-refractivity contribution in [1.82, 2.24) is 0 Å². The molecule has 1 aliphatic carbocycles. The van der Waals surface area contributed by atoms with Gasteiger partial charge in [0.15, 0.2) is 5.78 Å². The smallest absolute Gasteiger partial charge is 0.159 e. The SMILES string of the molecule is CCCCC1=C(C)C(=O)CC1CC. The van der Waals surface area contributed by atoms with Crippen LogP contribution in [-0.4, -0.2) is 5.78 Å². The van der Waals surface area contributed by atoms with Crippen LogP contribution in [0.15, 0.2) is 11.1 Å². The summed E-state index contributed by atoms with van der Waals surface area (Å²) in [6.45, 7) is 6.39. The normalized spacial score (nSPS) is 23.0. The fourth-order valence-electron chi connectivity index (χ4n) is 2.13. The molecule has 1 atom stereocenters. The Kier molecular flexibility index (Phi) is 3.71. The molecule has 1 unspecified atom stereocenters. The van der Waals surface area contributed by atoms with E-state index in [1.807, 2.05) is 6.92 Å². The molecule has 0 saturated heterocycles. The number of hydrogen-bond donors (Lipinski definition) is 0. The Bertz CT molecular complexity index is 225. The summed E-state index contributed by atoms with van der Waals surface area (Å²) in [6.07, 6.45) is 5.51. The van der Waals surface area contributed by atoms with Gasteiger partial charge in [-0.25, -0.2) is 0 Å². The lowest BCUT2D eigenvalue weighted by Crippen LogP contribution is -1.98. The third-order valence-corrected chi connectivity index (χ3v) is 3.12. The van der Waals surface area contributed by atoms with E-state index in [1.54, 1.807) is 0 Å². The largest absolute Gasteiger partial charge is 0.295 e. The standard InChI is InChI=1S/C12H20O/c1-4-6-7-11-9(3)12(13)8-10(11)5-2/h10H,4-8H2,1-3H3. The van der Waals surface area contributed by atoms with Crippen LogP contribution in [0.1, 0.15) is 52.9 Å². The van der Waals surface area contributed by atoms with Gasteiger partial charge < -0.3 is 0 Å². The van der Waals surface area contributed by atoms with Gasteiger partial charge in [0, 0.05) is 6.42 Å². The number of ketones is 1. The molecule has 0 spiro atoms. The summed E-state index contributed by atoms with van der Waals surface area (Å²) in [5.41, 5.74) is 2.52. The van der Waals surface area contributed by atoms with Crippen molar-refractivity contribution in [1.29, 1.82) is 0 Å². The Labute approximate surface area is 81.2 Å². The second-order valence-electron chi connectivity index (χ2n) is 3.99. The van der Waals surface area contributed by atoms with Crippen molar-refractivity contribution in [3.63, 3.8) is 0 Å². The molecule has 0 aliphatic heterocycles. The molecule has 1 nitrogen and oxygen atoms in total. The van der Waals surface area contributed by atoms with E-state index in [-0.39, 0.29) is 0 Å². The molecule has 1 rings (SSSR count). The number of hydrogen-bond acceptors (Lipinski definition) is 1. The number of unbranched alkanes of at least 4 members (excludes halogenated alkanes) is 1. The van der Waals surface area contributed by atoms with E-state index in [2.05, 4.69) is 13.8 Å². The van der Waals surface area contributed by atoms with E-state index < -0.39 is 0 Å². The molecule has 74 valence electrons. The van der Waals surface area contributed by atoms with Crippen LogP contribution in [0.5, 0.6) is 0 Å². The van der Waals surface area contributed by atoms with Crippen LogP contribution < -0.4 is 0 Å². The fraction of sp³-hybridized carbons (Fsp3) is 0.750. The van der Waals surface area contributed by atoms with E-state index in [0.717, 1.165) is 24.8 Å². The third kappa shape index (κ3) is 2.20. The minimum atomic E-state index is 0.387. The zero-order valence-corrected chi connectivity index (χ0v) is 9.02. The lowest BCUT2D eigenvalue weighted by Gasteiger charge is -2.11. The summed E-state index contributed by atoms with van der Waals surface area (Å²) in [7, 11) is 0. The van der Waals surface area contributed by atoms with Crippen molar-refractivity contribution in [3.8, 4) is 0 Å². The lowest BCUT2D eigenvalue weighted by atomic mass is 9.94. The van der Waals surface area contributed by atoms with Crippen molar-refractivity contribution in [2.45, 2.75) is 52.9 Å². The third-order valence-electron chi connectivity index (χ3n) is 3.12. The summed E-state index contributed by atoms with van der Waals surface area (Å²) >= 11 is 0. The molecule has 0 aromatic carbocycles. The van der Waals surface area contributed by atoms with Gasteiger partial charge >= 0.3 is 0 Å². The Balaban J connectivity index is 2.69. The average Bonchev–Trinajstić information content (AvgIpc) is 2.40. The molecule has 0 heterocycles. The quantitative estimate of drug-likeness (QED) is 0.647. The maximum Gasteiger partial charge on any atom is 0.159 e. The Hall–Kier alpha value is -0.590. The van der Waals surface area contributed by atoms with Crippen LogP contribution in [0.4, 0.5) is 0 Å². The molecule has 0 radical (unpaired) electrons. The number of Topliss-reactive ketones (excluding diaryl/α,β-unsaturated/α-hetero) is 1. The summed E-state index contributed by atoms with van der Waals surface area (Å²) in [5.74, 6) is 0.956. The highest BCUT2D eigenvalue weighted by atomic mass is 16.1. The van der Waals surface area contributed by atoms with Gasteiger partial charge in [-0.05, 0) is 37.7 Å². The molecule has 0 fully saturated rings. The Morgan fingerprint density at radius 1 is 1.38 bits per heavy atom. The highest BCUT2D eigenvalue weighted by molar-refractivity contribution is 5.98. The molecular weight excluding hydrogens is 160 g/mol. The van der Waals surface area contributed by atoms with E-state index in [9.17, 15) is 4.79 Å². The minimum Gasteiger partial charge on any atom is -0.295 e. The van der Waals surface area contributed by atoms with Crippen molar-refractivity contribution in [3.05, 3.63) is 11.1 Å². The van der Waals surface area contributed by atoms with Gasteiger partial charge in [0.25, 0.3) is 0 Å². The minimum absolute atomic E-state index is 0.387. The van der Waals surface area contributed by atoms with Crippen molar-refractivity contribution < 1.29 is 4.79 Å². The second kappa shape index (κ2) is 4.59. The van der Waals surface area contributed by atoms with Crippen LogP contribution in [0.25, 0.3) is 0 Å². The molecule has 0 amide bonds. The monoisotopic (exact) mass is 180 g/mol. The summed E-state index contributed by atoms with van der Waals surface area (Å²) in [4.78, 5) is 11.5. The van der Waals surface area contributed by atoms with Gasteiger partial charge in [-0.15, -0.1) is 0 Å². The molecule has 1 heteroatoms.